The van der Waals surface area contributed by atoms with Crippen LogP contribution in [0.1, 0.15) is 52.7 Å². The van der Waals surface area contributed by atoms with Crippen molar-refractivity contribution >= 4 is 5.91 Å². The molecule has 0 aromatic carbocycles. The van der Waals surface area contributed by atoms with Crippen molar-refractivity contribution in [2.75, 3.05) is 6.54 Å². The Morgan fingerprint density at radius 3 is 2.81 bits per heavy atom. The third-order valence-corrected chi connectivity index (χ3v) is 5.15. The van der Waals surface area contributed by atoms with Crippen molar-refractivity contribution in [1.29, 1.82) is 0 Å². The number of carbonyl (C=O) groups excluding carboxylic acids is 1. The fraction of sp³-hybridized carbons (Fsp3) is 0.667. The van der Waals surface area contributed by atoms with Crippen molar-refractivity contribution in [3.63, 3.8) is 0 Å². The standard InChI is InChI=1S/C18H28N2O/c1-5-19-17(21)15-12-14(4)9-10-18(15,13(2)3)16-8-6-7-11-20-16/h6-8,11,13-15H,5,9-10,12H2,1-4H3,(H,19,21)/t14-,15+,18+/m1/s1. The van der Waals surface area contributed by atoms with Crippen molar-refractivity contribution in [3.8, 4) is 0 Å². The van der Waals surface area contributed by atoms with Crippen LogP contribution in [-0.2, 0) is 10.2 Å². The van der Waals surface area contributed by atoms with Crippen LogP contribution in [0.5, 0.6) is 0 Å². The molecule has 0 bridgehead atoms. The highest BCUT2D eigenvalue weighted by Crippen LogP contribution is 2.49. The minimum Gasteiger partial charge on any atom is -0.356 e. The average molecular weight is 288 g/mol. The second-order valence-corrected chi connectivity index (χ2v) is 6.74. The first-order chi connectivity index (χ1) is 10.0. The van der Waals surface area contributed by atoms with Crippen LogP contribution in [0.3, 0.4) is 0 Å². The molecule has 1 N–H and O–H groups in total. The predicted octanol–water partition coefficient (Wildman–Crippen LogP) is 3.55. The predicted molar refractivity (Wildman–Crippen MR) is 85.9 cm³/mol. The monoisotopic (exact) mass is 288 g/mol. The van der Waals surface area contributed by atoms with Crippen LogP contribution in [-0.4, -0.2) is 17.4 Å². The van der Waals surface area contributed by atoms with E-state index >= 15 is 0 Å². The van der Waals surface area contributed by atoms with Crippen LogP contribution in [0, 0.1) is 17.8 Å². The molecule has 2 rings (SSSR count). The zero-order chi connectivity index (χ0) is 15.5. The van der Waals surface area contributed by atoms with Gasteiger partial charge in [0.2, 0.25) is 5.91 Å². The highest BCUT2D eigenvalue weighted by molar-refractivity contribution is 5.80. The van der Waals surface area contributed by atoms with E-state index in [2.05, 4.69) is 37.1 Å². The van der Waals surface area contributed by atoms with Crippen LogP contribution in [0.2, 0.25) is 0 Å². The maximum atomic E-state index is 12.7. The number of rotatable bonds is 4. The third kappa shape index (κ3) is 2.97. The van der Waals surface area contributed by atoms with E-state index in [1.165, 1.54) is 6.42 Å². The van der Waals surface area contributed by atoms with Crippen molar-refractivity contribution in [2.45, 2.75) is 52.4 Å². The van der Waals surface area contributed by atoms with Gasteiger partial charge in [0.25, 0.3) is 0 Å². The number of hydrogen-bond acceptors (Lipinski definition) is 2. The van der Waals surface area contributed by atoms with E-state index in [9.17, 15) is 4.79 Å². The van der Waals surface area contributed by atoms with Gasteiger partial charge >= 0.3 is 0 Å². The summed E-state index contributed by atoms with van der Waals surface area (Å²) in [6, 6.07) is 6.09. The Hall–Kier alpha value is -1.38. The number of aromatic nitrogens is 1. The number of carbonyl (C=O) groups is 1. The lowest BCUT2D eigenvalue weighted by Crippen LogP contribution is -2.51. The van der Waals surface area contributed by atoms with Crippen molar-refractivity contribution < 1.29 is 4.79 Å². The van der Waals surface area contributed by atoms with Gasteiger partial charge in [-0.2, -0.15) is 0 Å². The number of pyridine rings is 1. The van der Waals surface area contributed by atoms with E-state index in [1.54, 1.807) is 0 Å². The van der Waals surface area contributed by atoms with Crippen molar-refractivity contribution in [1.82, 2.24) is 10.3 Å². The molecule has 1 heterocycles. The summed E-state index contributed by atoms with van der Waals surface area (Å²) in [5, 5.41) is 3.05. The Bertz CT molecular complexity index is 471. The quantitative estimate of drug-likeness (QED) is 0.920. The molecule has 21 heavy (non-hydrogen) atoms. The van der Waals surface area contributed by atoms with Gasteiger partial charge in [-0.3, -0.25) is 9.78 Å². The normalized spacial score (nSPS) is 29.4. The van der Waals surface area contributed by atoms with Gasteiger partial charge in [-0.25, -0.2) is 0 Å². The molecule has 1 saturated carbocycles. The minimum atomic E-state index is -0.132. The minimum absolute atomic E-state index is 0.0242. The fourth-order valence-corrected chi connectivity index (χ4v) is 3.96. The third-order valence-electron chi connectivity index (χ3n) is 5.15. The molecule has 0 spiro atoms. The van der Waals surface area contributed by atoms with E-state index in [0.29, 0.717) is 18.4 Å². The molecule has 3 atom stereocenters. The summed E-state index contributed by atoms with van der Waals surface area (Å²) in [6.45, 7) is 9.41. The van der Waals surface area contributed by atoms with Crippen molar-refractivity contribution in [2.24, 2.45) is 17.8 Å². The van der Waals surface area contributed by atoms with Crippen LogP contribution in [0.25, 0.3) is 0 Å². The molecule has 0 radical (unpaired) electrons. The van der Waals surface area contributed by atoms with Crippen LogP contribution in [0.15, 0.2) is 24.4 Å². The van der Waals surface area contributed by atoms with Gasteiger partial charge in [-0.15, -0.1) is 0 Å². The summed E-state index contributed by atoms with van der Waals surface area (Å²) < 4.78 is 0. The van der Waals surface area contributed by atoms with Gasteiger partial charge in [-0.05, 0) is 50.2 Å². The first-order valence-corrected chi connectivity index (χ1v) is 8.21. The highest BCUT2D eigenvalue weighted by atomic mass is 16.1. The molecule has 1 aliphatic carbocycles. The molecule has 1 aliphatic rings. The molecule has 0 saturated heterocycles. The van der Waals surface area contributed by atoms with Crippen LogP contribution >= 0.6 is 0 Å². The summed E-state index contributed by atoms with van der Waals surface area (Å²) in [6.07, 6.45) is 5.03. The maximum absolute atomic E-state index is 12.7. The van der Waals surface area contributed by atoms with Crippen LogP contribution < -0.4 is 5.32 Å². The molecule has 1 aromatic heterocycles. The summed E-state index contributed by atoms with van der Waals surface area (Å²) in [5.74, 6) is 1.22. The van der Waals surface area contributed by atoms with E-state index in [0.717, 1.165) is 18.5 Å². The van der Waals surface area contributed by atoms with E-state index in [4.69, 9.17) is 0 Å². The Morgan fingerprint density at radius 1 is 1.48 bits per heavy atom. The zero-order valence-corrected chi connectivity index (χ0v) is 13.7. The summed E-state index contributed by atoms with van der Waals surface area (Å²) in [4.78, 5) is 17.3. The molecule has 3 heteroatoms. The molecular formula is C18H28N2O. The van der Waals surface area contributed by atoms with E-state index in [1.807, 2.05) is 25.3 Å². The molecule has 1 amide bonds. The lowest BCUT2D eigenvalue weighted by Gasteiger charge is -2.47. The van der Waals surface area contributed by atoms with E-state index < -0.39 is 0 Å². The molecule has 1 fully saturated rings. The number of amides is 1. The van der Waals surface area contributed by atoms with Gasteiger partial charge in [-0.1, -0.05) is 26.8 Å². The Balaban J connectivity index is 2.47. The summed E-state index contributed by atoms with van der Waals surface area (Å²) in [5.41, 5.74) is 0.954. The molecule has 0 unspecified atom stereocenters. The highest BCUT2D eigenvalue weighted by Gasteiger charge is 2.50. The second kappa shape index (κ2) is 6.59. The SMILES string of the molecule is CCNC(=O)[C@@H]1C[C@H](C)CC[C@]1(c1ccccn1)C(C)C. The molecule has 1 aromatic rings. The van der Waals surface area contributed by atoms with Gasteiger partial charge < -0.3 is 5.32 Å². The average Bonchev–Trinajstić information content (AvgIpc) is 2.48. The topological polar surface area (TPSA) is 42.0 Å². The Kier molecular flexibility index (Phi) is 5.02. The second-order valence-electron chi connectivity index (χ2n) is 6.74. The summed E-state index contributed by atoms with van der Waals surface area (Å²) >= 11 is 0. The smallest absolute Gasteiger partial charge is 0.224 e. The van der Waals surface area contributed by atoms with Gasteiger partial charge in [0.15, 0.2) is 0 Å². The number of hydrogen-bond donors (Lipinski definition) is 1. The maximum Gasteiger partial charge on any atom is 0.224 e. The molecular weight excluding hydrogens is 260 g/mol. The lowest BCUT2D eigenvalue weighted by atomic mass is 9.56. The first kappa shape index (κ1) is 16.0. The van der Waals surface area contributed by atoms with Gasteiger partial charge in [0.05, 0.1) is 0 Å². The fourth-order valence-electron chi connectivity index (χ4n) is 3.96. The van der Waals surface area contributed by atoms with Gasteiger partial charge in [0.1, 0.15) is 0 Å². The lowest BCUT2D eigenvalue weighted by molar-refractivity contribution is -0.130. The van der Waals surface area contributed by atoms with E-state index in [-0.39, 0.29) is 17.2 Å². The molecule has 0 aliphatic heterocycles. The van der Waals surface area contributed by atoms with Crippen molar-refractivity contribution in [3.05, 3.63) is 30.1 Å². The number of nitrogens with zero attached hydrogens (tertiary/aromatic N) is 1. The van der Waals surface area contributed by atoms with Crippen LogP contribution in [0.4, 0.5) is 0 Å². The van der Waals surface area contributed by atoms with Gasteiger partial charge in [0, 0.05) is 29.8 Å². The largest absolute Gasteiger partial charge is 0.356 e. The zero-order valence-electron chi connectivity index (χ0n) is 13.7. The Labute approximate surface area is 128 Å². The summed E-state index contributed by atoms with van der Waals surface area (Å²) in [7, 11) is 0. The first-order valence-electron chi connectivity index (χ1n) is 8.21. The molecule has 116 valence electrons. The molecule has 3 nitrogen and oxygen atoms in total. The Morgan fingerprint density at radius 2 is 2.24 bits per heavy atom. The number of nitrogens with one attached hydrogen (secondary N) is 1.